The highest BCUT2D eigenvalue weighted by atomic mass is 32.1. The van der Waals surface area contributed by atoms with Gasteiger partial charge in [0.2, 0.25) is 0 Å². The van der Waals surface area contributed by atoms with Crippen LogP contribution in [0.15, 0.2) is 16.7 Å². The molecule has 0 amide bonds. The summed E-state index contributed by atoms with van der Waals surface area (Å²) in [7, 11) is 2.07. The molecule has 102 valence electrons. The van der Waals surface area contributed by atoms with Crippen molar-refractivity contribution < 1.29 is 9.26 Å². The molecule has 0 aromatic carbocycles. The molecule has 2 aromatic heterocycles. The van der Waals surface area contributed by atoms with Gasteiger partial charge in [0.25, 0.3) is 5.89 Å². The van der Waals surface area contributed by atoms with Crippen molar-refractivity contribution in [2.24, 2.45) is 0 Å². The zero-order valence-electron chi connectivity index (χ0n) is 11.1. The van der Waals surface area contributed by atoms with Crippen LogP contribution in [0.4, 0.5) is 0 Å². The normalized spacial score (nSPS) is 20.8. The third-order valence-electron chi connectivity index (χ3n) is 3.16. The van der Waals surface area contributed by atoms with Crippen LogP contribution in [-0.4, -0.2) is 41.8 Å². The van der Waals surface area contributed by atoms with E-state index in [9.17, 15) is 0 Å². The summed E-state index contributed by atoms with van der Waals surface area (Å²) in [6.07, 6.45) is 0.634. The van der Waals surface area contributed by atoms with E-state index in [4.69, 9.17) is 9.26 Å². The minimum absolute atomic E-state index is 0.0925. The minimum atomic E-state index is -0.0925. The highest BCUT2D eigenvalue weighted by Crippen LogP contribution is 2.22. The molecule has 1 saturated heterocycles. The van der Waals surface area contributed by atoms with Crippen LogP contribution >= 0.6 is 11.3 Å². The fourth-order valence-electron chi connectivity index (χ4n) is 2.13. The Hall–Kier alpha value is -1.24. The molecule has 1 aliphatic rings. The van der Waals surface area contributed by atoms with Crippen molar-refractivity contribution in [2.75, 3.05) is 26.7 Å². The van der Waals surface area contributed by atoms with E-state index in [0.29, 0.717) is 12.5 Å². The highest BCUT2D eigenvalue weighted by Gasteiger charge is 2.25. The highest BCUT2D eigenvalue weighted by molar-refractivity contribution is 7.11. The number of ether oxygens (including phenoxy) is 1. The summed E-state index contributed by atoms with van der Waals surface area (Å²) in [6, 6.07) is 4.22. The van der Waals surface area contributed by atoms with E-state index in [-0.39, 0.29) is 6.10 Å². The van der Waals surface area contributed by atoms with Crippen LogP contribution in [0.5, 0.6) is 0 Å². The third kappa shape index (κ3) is 3.02. The number of thiophene rings is 1. The van der Waals surface area contributed by atoms with E-state index in [0.717, 1.165) is 25.3 Å². The molecule has 19 heavy (non-hydrogen) atoms. The number of hydrogen-bond acceptors (Lipinski definition) is 6. The van der Waals surface area contributed by atoms with Gasteiger partial charge in [-0.15, -0.1) is 11.3 Å². The number of likely N-dealkylation sites (N-methyl/N-ethyl adjacent to an activating group) is 1. The molecule has 0 spiro atoms. The Morgan fingerprint density at radius 3 is 3.11 bits per heavy atom. The van der Waals surface area contributed by atoms with Crippen molar-refractivity contribution in [3.63, 3.8) is 0 Å². The summed E-state index contributed by atoms with van der Waals surface area (Å²) in [6.45, 7) is 4.57. The van der Waals surface area contributed by atoms with E-state index in [1.807, 2.05) is 0 Å². The summed E-state index contributed by atoms with van der Waals surface area (Å²) >= 11 is 1.77. The van der Waals surface area contributed by atoms with Crippen molar-refractivity contribution >= 4 is 11.3 Å². The second-order valence-electron chi connectivity index (χ2n) is 4.86. The molecular formula is C13H17N3O2S. The Bertz CT molecular complexity index is 552. The summed E-state index contributed by atoms with van der Waals surface area (Å²) in [5.41, 5.74) is 0. The zero-order chi connectivity index (χ0) is 13.2. The summed E-state index contributed by atoms with van der Waals surface area (Å²) < 4.78 is 11.0. The Labute approximate surface area is 116 Å². The number of morpholine rings is 1. The van der Waals surface area contributed by atoms with Gasteiger partial charge in [-0.3, -0.25) is 0 Å². The maximum absolute atomic E-state index is 5.67. The summed E-state index contributed by atoms with van der Waals surface area (Å²) in [5.74, 6) is 1.32. The molecule has 3 heterocycles. The van der Waals surface area contributed by atoms with Gasteiger partial charge in [-0.2, -0.15) is 4.98 Å². The molecule has 2 aromatic rings. The molecule has 1 aliphatic heterocycles. The molecule has 5 nitrogen and oxygen atoms in total. The van der Waals surface area contributed by atoms with Gasteiger partial charge in [-0.25, -0.2) is 0 Å². The molecule has 1 atom stereocenters. The summed E-state index contributed by atoms with van der Waals surface area (Å²) in [5, 5.41) is 4.04. The minimum Gasteiger partial charge on any atom is -0.366 e. The quantitative estimate of drug-likeness (QED) is 0.860. The van der Waals surface area contributed by atoms with E-state index < -0.39 is 0 Å². The van der Waals surface area contributed by atoms with Crippen molar-refractivity contribution in [1.29, 1.82) is 0 Å². The average Bonchev–Trinajstić information content (AvgIpc) is 2.99. The van der Waals surface area contributed by atoms with E-state index in [1.165, 1.54) is 9.75 Å². The zero-order valence-corrected chi connectivity index (χ0v) is 11.9. The topological polar surface area (TPSA) is 51.4 Å². The lowest BCUT2D eigenvalue weighted by Crippen LogP contribution is -2.35. The molecule has 1 fully saturated rings. The van der Waals surface area contributed by atoms with Gasteiger partial charge in [0.05, 0.1) is 6.61 Å². The van der Waals surface area contributed by atoms with Gasteiger partial charge in [-0.1, -0.05) is 5.16 Å². The van der Waals surface area contributed by atoms with Gasteiger partial charge >= 0.3 is 0 Å². The van der Waals surface area contributed by atoms with Crippen molar-refractivity contribution in [3.05, 3.63) is 33.6 Å². The van der Waals surface area contributed by atoms with Crippen LogP contribution < -0.4 is 0 Å². The molecule has 6 heteroatoms. The van der Waals surface area contributed by atoms with Crippen LogP contribution in [0.3, 0.4) is 0 Å². The van der Waals surface area contributed by atoms with Gasteiger partial charge in [0.1, 0.15) is 6.10 Å². The monoisotopic (exact) mass is 279 g/mol. The van der Waals surface area contributed by atoms with Crippen LogP contribution in [0.1, 0.15) is 27.6 Å². The number of aryl methyl sites for hydroxylation is 1. The Morgan fingerprint density at radius 2 is 2.37 bits per heavy atom. The van der Waals surface area contributed by atoms with Gasteiger partial charge in [-0.05, 0) is 26.1 Å². The first-order valence-electron chi connectivity index (χ1n) is 6.38. The second kappa shape index (κ2) is 5.40. The Balaban J connectivity index is 1.69. The van der Waals surface area contributed by atoms with E-state index in [2.05, 4.69) is 41.1 Å². The average molecular weight is 279 g/mol. The van der Waals surface area contributed by atoms with Crippen molar-refractivity contribution in [1.82, 2.24) is 15.0 Å². The molecule has 0 bridgehead atoms. The number of aromatic nitrogens is 2. The SMILES string of the molecule is Cc1ccc(Cc2noc(C3CN(C)CCO3)n2)s1. The lowest BCUT2D eigenvalue weighted by molar-refractivity contribution is -0.0366. The molecule has 0 radical (unpaired) electrons. The predicted molar refractivity (Wildman–Crippen MR) is 72.4 cm³/mol. The van der Waals surface area contributed by atoms with E-state index >= 15 is 0 Å². The molecule has 0 aliphatic carbocycles. The first-order valence-corrected chi connectivity index (χ1v) is 7.20. The fourth-order valence-corrected chi connectivity index (χ4v) is 3.02. The number of hydrogen-bond donors (Lipinski definition) is 0. The lowest BCUT2D eigenvalue weighted by Gasteiger charge is -2.27. The first kappa shape index (κ1) is 12.8. The fraction of sp³-hybridized carbons (Fsp3) is 0.538. The second-order valence-corrected chi connectivity index (χ2v) is 6.23. The largest absolute Gasteiger partial charge is 0.366 e. The van der Waals surface area contributed by atoms with Crippen LogP contribution in [0.25, 0.3) is 0 Å². The van der Waals surface area contributed by atoms with Crippen LogP contribution in [0.2, 0.25) is 0 Å². The van der Waals surface area contributed by atoms with Crippen LogP contribution in [-0.2, 0) is 11.2 Å². The molecule has 3 rings (SSSR count). The van der Waals surface area contributed by atoms with Crippen molar-refractivity contribution in [3.8, 4) is 0 Å². The van der Waals surface area contributed by atoms with Gasteiger partial charge in [0, 0.05) is 29.3 Å². The van der Waals surface area contributed by atoms with Crippen LogP contribution in [0, 0.1) is 6.92 Å². The van der Waals surface area contributed by atoms with Crippen molar-refractivity contribution in [2.45, 2.75) is 19.4 Å². The molecular weight excluding hydrogens is 262 g/mol. The first-order chi connectivity index (χ1) is 9.20. The predicted octanol–water partition coefficient (Wildman–Crippen LogP) is 2.03. The molecule has 1 unspecified atom stereocenters. The van der Waals surface area contributed by atoms with E-state index in [1.54, 1.807) is 11.3 Å². The van der Waals surface area contributed by atoms with Gasteiger partial charge < -0.3 is 14.2 Å². The van der Waals surface area contributed by atoms with Gasteiger partial charge in [0.15, 0.2) is 5.82 Å². The number of nitrogens with zero attached hydrogens (tertiary/aromatic N) is 3. The maximum atomic E-state index is 5.67. The standard InChI is InChI=1S/C13H17N3O2S/c1-9-3-4-10(19-9)7-12-14-13(18-15-12)11-8-16(2)5-6-17-11/h3-4,11H,5-8H2,1-2H3. The smallest absolute Gasteiger partial charge is 0.257 e. The number of rotatable bonds is 3. The lowest BCUT2D eigenvalue weighted by atomic mass is 10.3. The summed E-state index contributed by atoms with van der Waals surface area (Å²) in [4.78, 5) is 9.22. The molecule has 0 N–H and O–H groups in total. The molecule has 0 saturated carbocycles. The third-order valence-corrected chi connectivity index (χ3v) is 4.16. The Kier molecular flexibility index (Phi) is 3.63. The Morgan fingerprint density at radius 1 is 1.47 bits per heavy atom. The maximum Gasteiger partial charge on any atom is 0.257 e.